The van der Waals surface area contributed by atoms with E-state index in [2.05, 4.69) is 10.5 Å². The first-order valence-electron chi connectivity index (χ1n) is 8.76. The fraction of sp³-hybridized carbons (Fsp3) is 0.300. The van der Waals surface area contributed by atoms with Gasteiger partial charge in [0.15, 0.2) is 11.5 Å². The van der Waals surface area contributed by atoms with Crippen LogP contribution in [0.1, 0.15) is 40.7 Å². The Hall–Kier alpha value is -3.22. The number of aryl methyl sites for hydroxylation is 1. The minimum absolute atomic E-state index is 0.0773. The third kappa shape index (κ3) is 3.28. The fourth-order valence-electron chi connectivity index (χ4n) is 3.38. The zero-order valence-corrected chi connectivity index (χ0v) is 15.2. The monoisotopic (exact) mass is 368 g/mol. The van der Waals surface area contributed by atoms with Crippen molar-refractivity contribution in [1.82, 2.24) is 10.5 Å². The molecular formula is C20H20N2O5. The van der Waals surface area contributed by atoms with Crippen LogP contribution in [0.5, 0.6) is 11.5 Å². The first kappa shape index (κ1) is 17.2. The predicted octanol–water partition coefficient (Wildman–Crippen LogP) is 3.76. The molecule has 4 rings (SSSR count). The molecule has 1 aliphatic rings. The number of furan rings is 1. The Kier molecular flexibility index (Phi) is 4.58. The second-order valence-corrected chi connectivity index (χ2v) is 6.36. The van der Waals surface area contributed by atoms with Gasteiger partial charge in [-0.1, -0.05) is 5.16 Å². The maximum atomic E-state index is 12.6. The normalized spacial score (nSPS) is 15.9. The molecule has 0 aliphatic heterocycles. The van der Waals surface area contributed by atoms with Crippen LogP contribution >= 0.6 is 0 Å². The van der Waals surface area contributed by atoms with Crippen molar-refractivity contribution in [3.05, 3.63) is 53.6 Å². The molecule has 7 nitrogen and oxygen atoms in total. The van der Waals surface area contributed by atoms with Gasteiger partial charge in [0.2, 0.25) is 0 Å². The molecule has 1 atom stereocenters. The molecule has 1 N–H and O–H groups in total. The molecule has 2 heterocycles. The lowest BCUT2D eigenvalue weighted by Crippen LogP contribution is -2.30. The summed E-state index contributed by atoms with van der Waals surface area (Å²) in [5.74, 6) is 2.35. The molecule has 0 radical (unpaired) electrons. The Bertz CT molecular complexity index is 959. The van der Waals surface area contributed by atoms with Crippen molar-refractivity contribution in [3.8, 4) is 22.8 Å². The maximum Gasteiger partial charge on any atom is 0.273 e. The molecule has 0 bridgehead atoms. The average molecular weight is 368 g/mol. The molecular weight excluding hydrogens is 348 g/mol. The standard InChI is InChI=1S/C20H20N2O5/c1-24-12-6-7-17(25-2)14(10-12)19-11-16(22-27-19)20(23)21-15-4-3-5-18-13(15)8-9-26-18/h6-11,15H,3-5H2,1-2H3,(H,21,23). The third-order valence-corrected chi connectivity index (χ3v) is 4.77. The van der Waals surface area contributed by atoms with Crippen molar-refractivity contribution in [3.63, 3.8) is 0 Å². The van der Waals surface area contributed by atoms with Gasteiger partial charge >= 0.3 is 0 Å². The lowest BCUT2D eigenvalue weighted by molar-refractivity contribution is 0.0923. The minimum Gasteiger partial charge on any atom is -0.497 e. The quantitative estimate of drug-likeness (QED) is 0.738. The zero-order valence-electron chi connectivity index (χ0n) is 15.2. The zero-order chi connectivity index (χ0) is 18.8. The first-order valence-corrected chi connectivity index (χ1v) is 8.76. The van der Waals surface area contributed by atoms with Gasteiger partial charge in [-0.2, -0.15) is 0 Å². The van der Waals surface area contributed by atoms with Gasteiger partial charge < -0.3 is 23.7 Å². The summed E-state index contributed by atoms with van der Waals surface area (Å²) in [5, 5.41) is 6.94. The van der Waals surface area contributed by atoms with Crippen LogP contribution in [0.15, 0.2) is 45.5 Å². The molecule has 0 saturated carbocycles. The summed E-state index contributed by atoms with van der Waals surface area (Å²) in [6.45, 7) is 0. The molecule has 1 unspecified atom stereocenters. The summed E-state index contributed by atoms with van der Waals surface area (Å²) in [6, 6.07) is 8.78. The Morgan fingerprint density at radius 2 is 2.11 bits per heavy atom. The topological polar surface area (TPSA) is 86.7 Å². The van der Waals surface area contributed by atoms with Crippen molar-refractivity contribution in [1.29, 1.82) is 0 Å². The van der Waals surface area contributed by atoms with Crippen molar-refractivity contribution >= 4 is 5.91 Å². The van der Waals surface area contributed by atoms with Crippen LogP contribution in [0.25, 0.3) is 11.3 Å². The van der Waals surface area contributed by atoms with Crippen molar-refractivity contribution in [2.45, 2.75) is 25.3 Å². The SMILES string of the molecule is COc1ccc(OC)c(-c2cc(C(=O)NC3CCCc4occc43)no2)c1. The van der Waals surface area contributed by atoms with Crippen molar-refractivity contribution in [2.75, 3.05) is 14.2 Å². The van der Waals surface area contributed by atoms with Crippen LogP contribution in [-0.4, -0.2) is 25.3 Å². The highest BCUT2D eigenvalue weighted by Crippen LogP contribution is 2.34. The highest BCUT2D eigenvalue weighted by atomic mass is 16.5. The van der Waals surface area contributed by atoms with Gasteiger partial charge in [-0.3, -0.25) is 4.79 Å². The number of hydrogen-bond acceptors (Lipinski definition) is 6. The number of fused-ring (bicyclic) bond motifs is 1. The van der Waals surface area contributed by atoms with E-state index < -0.39 is 0 Å². The second-order valence-electron chi connectivity index (χ2n) is 6.36. The molecule has 0 spiro atoms. The van der Waals surface area contributed by atoms with E-state index in [9.17, 15) is 4.79 Å². The number of ether oxygens (including phenoxy) is 2. The minimum atomic E-state index is -0.286. The lowest BCUT2D eigenvalue weighted by Gasteiger charge is -2.22. The summed E-state index contributed by atoms with van der Waals surface area (Å²) < 4.78 is 21.5. The maximum absolute atomic E-state index is 12.6. The van der Waals surface area contributed by atoms with Crippen LogP contribution in [0.2, 0.25) is 0 Å². The number of hydrogen-bond donors (Lipinski definition) is 1. The number of rotatable bonds is 5. The molecule has 7 heteroatoms. The summed E-state index contributed by atoms with van der Waals surface area (Å²) in [6.07, 6.45) is 4.40. The van der Waals surface area contributed by atoms with E-state index in [1.807, 2.05) is 6.07 Å². The van der Waals surface area contributed by atoms with Gasteiger partial charge in [0, 0.05) is 18.1 Å². The van der Waals surface area contributed by atoms with E-state index in [4.69, 9.17) is 18.4 Å². The van der Waals surface area contributed by atoms with E-state index in [0.717, 1.165) is 30.6 Å². The Labute approximate surface area is 156 Å². The summed E-state index contributed by atoms with van der Waals surface area (Å²) in [5.41, 5.74) is 1.91. The number of nitrogens with zero attached hydrogens (tertiary/aromatic N) is 1. The number of aromatic nitrogens is 1. The molecule has 1 aliphatic carbocycles. The Balaban J connectivity index is 1.56. The van der Waals surface area contributed by atoms with Crippen LogP contribution in [0.4, 0.5) is 0 Å². The number of carbonyl (C=O) groups excluding carboxylic acids is 1. The van der Waals surface area contributed by atoms with Crippen molar-refractivity contribution in [2.24, 2.45) is 0 Å². The van der Waals surface area contributed by atoms with Gasteiger partial charge in [-0.05, 0) is 37.1 Å². The van der Waals surface area contributed by atoms with Gasteiger partial charge in [0.25, 0.3) is 5.91 Å². The lowest BCUT2D eigenvalue weighted by atomic mass is 9.93. The van der Waals surface area contributed by atoms with Gasteiger partial charge in [-0.25, -0.2) is 0 Å². The molecule has 3 aromatic rings. The summed E-state index contributed by atoms with van der Waals surface area (Å²) in [4.78, 5) is 12.6. The third-order valence-electron chi connectivity index (χ3n) is 4.77. The number of methoxy groups -OCH3 is 2. The van der Waals surface area contributed by atoms with Crippen molar-refractivity contribution < 1.29 is 23.2 Å². The Morgan fingerprint density at radius 3 is 2.93 bits per heavy atom. The molecule has 2 aromatic heterocycles. The molecule has 1 aromatic carbocycles. The van der Waals surface area contributed by atoms with E-state index in [0.29, 0.717) is 22.8 Å². The van der Waals surface area contributed by atoms with Gasteiger partial charge in [0.1, 0.15) is 17.3 Å². The van der Waals surface area contributed by atoms with E-state index in [1.54, 1.807) is 44.7 Å². The smallest absolute Gasteiger partial charge is 0.273 e. The summed E-state index contributed by atoms with van der Waals surface area (Å²) in [7, 11) is 3.15. The highest BCUT2D eigenvalue weighted by molar-refractivity contribution is 5.93. The van der Waals surface area contributed by atoms with Gasteiger partial charge in [-0.15, -0.1) is 0 Å². The van der Waals surface area contributed by atoms with Crippen LogP contribution in [-0.2, 0) is 6.42 Å². The summed E-state index contributed by atoms with van der Waals surface area (Å²) >= 11 is 0. The molecule has 0 fully saturated rings. The molecule has 1 amide bonds. The molecule has 0 saturated heterocycles. The van der Waals surface area contributed by atoms with E-state index in [-0.39, 0.29) is 17.6 Å². The molecule has 27 heavy (non-hydrogen) atoms. The largest absolute Gasteiger partial charge is 0.497 e. The van der Waals surface area contributed by atoms with Crippen LogP contribution < -0.4 is 14.8 Å². The average Bonchev–Trinajstić information content (AvgIpc) is 3.37. The first-order chi connectivity index (χ1) is 13.2. The van der Waals surface area contributed by atoms with Crippen LogP contribution in [0, 0.1) is 0 Å². The van der Waals surface area contributed by atoms with E-state index >= 15 is 0 Å². The Morgan fingerprint density at radius 1 is 1.22 bits per heavy atom. The number of amides is 1. The predicted molar refractivity (Wildman–Crippen MR) is 96.9 cm³/mol. The molecule has 140 valence electrons. The number of carbonyl (C=O) groups is 1. The highest BCUT2D eigenvalue weighted by Gasteiger charge is 2.26. The van der Waals surface area contributed by atoms with Crippen LogP contribution in [0.3, 0.4) is 0 Å². The second kappa shape index (κ2) is 7.19. The van der Waals surface area contributed by atoms with E-state index in [1.165, 1.54) is 0 Å². The fourth-order valence-corrected chi connectivity index (χ4v) is 3.38. The van der Waals surface area contributed by atoms with Gasteiger partial charge in [0.05, 0.1) is 32.1 Å². The number of nitrogens with one attached hydrogen (secondary N) is 1. The number of benzene rings is 1.